The van der Waals surface area contributed by atoms with Crippen LogP contribution in [0, 0.1) is 0 Å². The fourth-order valence-corrected chi connectivity index (χ4v) is 2.99. The first-order valence-electron chi connectivity index (χ1n) is 6.76. The zero-order chi connectivity index (χ0) is 14.4. The molecule has 1 heterocycles. The van der Waals surface area contributed by atoms with Crippen molar-refractivity contribution >= 4 is 23.6 Å². The summed E-state index contributed by atoms with van der Waals surface area (Å²) in [5.41, 5.74) is 0.190. The molecule has 0 unspecified atom stereocenters. The fourth-order valence-electron chi connectivity index (χ4n) is 2.28. The Morgan fingerprint density at radius 1 is 1.35 bits per heavy atom. The third-order valence-electron chi connectivity index (χ3n) is 3.30. The van der Waals surface area contributed by atoms with Crippen molar-refractivity contribution in [3.05, 3.63) is 23.9 Å². The van der Waals surface area contributed by atoms with Gasteiger partial charge in [0, 0.05) is 12.2 Å². The summed E-state index contributed by atoms with van der Waals surface area (Å²) in [5, 5.41) is 12.5. The van der Waals surface area contributed by atoms with Gasteiger partial charge in [0.25, 0.3) is 0 Å². The molecule has 1 saturated carbocycles. The highest BCUT2D eigenvalue weighted by Gasteiger charge is 2.15. The van der Waals surface area contributed by atoms with E-state index in [4.69, 9.17) is 5.11 Å². The van der Waals surface area contributed by atoms with Crippen molar-refractivity contribution in [2.45, 2.75) is 43.2 Å². The number of rotatable bonds is 5. The molecule has 2 rings (SSSR count). The maximum atomic E-state index is 11.8. The molecule has 108 valence electrons. The zero-order valence-corrected chi connectivity index (χ0v) is 12.0. The van der Waals surface area contributed by atoms with Gasteiger partial charge in [-0.1, -0.05) is 31.0 Å². The second kappa shape index (κ2) is 7.28. The lowest BCUT2D eigenvalue weighted by atomic mass is 9.95. The number of nitrogens with one attached hydrogen (secondary N) is 1. The van der Waals surface area contributed by atoms with E-state index in [2.05, 4.69) is 10.3 Å². The fraction of sp³-hybridized carbons (Fsp3) is 0.500. The van der Waals surface area contributed by atoms with Crippen LogP contribution in [0.3, 0.4) is 0 Å². The van der Waals surface area contributed by atoms with Gasteiger partial charge in [-0.25, -0.2) is 9.78 Å². The van der Waals surface area contributed by atoms with Crippen molar-refractivity contribution in [1.29, 1.82) is 0 Å². The molecule has 6 heteroatoms. The van der Waals surface area contributed by atoms with Crippen molar-refractivity contribution in [3.63, 3.8) is 0 Å². The van der Waals surface area contributed by atoms with Gasteiger partial charge < -0.3 is 10.4 Å². The monoisotopic (exact) mass is 294 g/mol. The predicted octanol–water partition coefficient (Wildman–Crippen LogP) is 2.32. The summed E-state index contributed by atoms with van der Waals surface area (Å²) in [6.45, 7) is 0. The molecule has 1 aliphatic rings. The van der Waals surface area contributed by atoms with Gasteiger partial charge in [0.05, 0.1) is 16.3 Å². The van der Waals surface area contributed by atoms with Crippen LogP contribution in [0.15, 0.2) is 23.4 Å². The van der Waals surface area contributed by atoms with Gasteiger partial charge in [-0.15, -0.1) is 0 Å². The number of hydrogen-bond acceptors (Lipinski definition) is 4. The lowest BCUT2D eigenvalue weighted by Gasteiger charge is -2.22. The van der Waals surface area contributed by atoms with E-state index in [9.17, 15) is 9.59 Å². The van der Waals surface area contributed by atoms with Gasteiger partial charge in [-0.3, -0.25) is 4.79 Å². The number of hydrogen-bond donors (Lipinski definition) is 2. The number of thioether (sulfide) groups is 1. The van der Waals surface area contributed by atoms with Crippen LogP contribution in [0.1, 0.15) is 42.5 Å². The largest absolute Gasteiger partial charge is 0.478 e. The molecule has 2 N–H and O–H groups in total. The molecule has 0 saturated heterocycles. The molecule has 5 nitrogen and oxygen atoms in total. The van der Waals surface area contributed by atoms with Crippen molar-refractivity contribution in [1.82, 2.24) is 10.3 Å². The minimum atomic E-state index is -0.985. The normalized spacial score (nSPS) is 15.8. The Hall–Kier alpha value is -1.56. The van der Waals surface area contributed by atoms with E-state index in [-0.39, 0.29) is 17.2 Å². The highest BCUT2D eigenvalue weighted by Crippen LogP contribution is 2.19. The number of carbonyl (C=O) groups excluding carboxylic acids is 1. The lowest BCUT2D eigenvalue weighted by Crippen LogP contribution is -2.37. The van der Waals surface area contributed by atoms with Gasteiger partial charge in [-0.05, 0) is 25.0 Å². The summed E-state index contributed by atoms with van der Waals surface area (Å²) in [7, 11) is 0. The van der Waals surface area contributed by atoms with E-state index in [1.807, 2.05) is 0 Å². The number of carboxylic acid groups (broad SMARTS) is 1. The molecule has 0 aromatic carbocycles. The molecule has 1 aliphatic carbocycles. The summed E-state index contributed by atoms with van der Waals surface area (Å²) < 4.78 is 0. The van der Waals surface area contributed by atoms with Gasteiger partial charge in [0.15, 0.2) is 0 Å². The smallest absolute Gasteiger partial charge is 0.335 e. The van der Waals surface area contributed by atoms with Crippen molar-refractivity contribution < 1.29 is 14.7 Å². The maximum absolute atomic E-state index is 11.8. The van der Waals surface area contributed by atoms with Crippen LogP contribution in [0.4, 0.5) is 0 Å². The molecule has 20 heavy (non-hydrogen) atoms. The van der Waals surface area contributed by atoms with Gasteiger partial charge in [0.2, 0.25) is 5.91 Å². The van der Waals surface area contributed by atoms with Crippen LogP contribution >= 0.6 is 11.8 Å². The average molecular weight is 294 g/mol. The second-order valence-electron chi connectivity index (χ2n) is 4.88. The summed E-state index contributed by atoms with van der Waals surface area (Å²) in [4.78, 5) is 26.7. The number of carboxylic acids is 1. The van der Waals surface area contributed by atoms with Gasteiger partial charge in [-0.2, -0.15) is 0 Å². The first-order valence-corrected chi connectivity index (χ1v) is 7.75. The first kappa shape index (κ1) is 14.8. The zero-order valence-electron chi connectivity index (χ0n) is 11.2. The molecular weight excluding hydrogens is 276 g/mol. The number of aromatic carboxylic acids is 1. The third kappa shape index (κ3) is 4.52. The van der Waals surface area contributed by atoms with Crippen molar-refractivity contribution in [3.8, 4) is 0 Å². The topological polar surface area (TPSA) is 79.3 Å². The van der Waals surface area contributed by atoms with E-state index in [0.29, 0.717) is 11.1 Å². The van der Waals surface area contributed by atoms with Crippen LogP contribution in [0.25, 0.3) is 0 Å². The highest BCUT2D eigenvalue weighted by molar-refractivity contribution is 7.99. The second-order valence-corrected chi connectivity index (χ2v) is 5.87. The predicted molar refractivity (Wildman–Crippen MR) is 76.9 cm³/mol. The summed E-state index contributed by atoms with van der Waals surface area (Å²) in [6.07, 6.45) is 7.19. The molecule has 0 atom stereocenters. The van der Waals surface area contributed by atoms with Crippen molar-refractivity contribution in [2.24, 2.45) is 0 Å². The SMILES string of the molecule is O=C(CSc1cc(C(=O)O)ccn1)NC1CCCCC1. The Morgan fingerprint density at radius 3 is 2.80 bits per heavy atom. The molecule has 0 radical (unpaired) electrons. The molecule has 1 aromatic heterocycles. The molecule has 1 fully saturated rings. The summed E-state index contributed by atoms with van der Waals surface area (Å²) in [5.74, 6) is -0.725. The molecule has 0 spiro atoms. The van der Waals surface area contributed by atoms with E-state index in [1.165, 1.54) is 49.4 Å². The maximum Gasteiger partial charge on any atom is 0.335 e. The Bertz CT molecular complexity index is 487. The van der Waals surface area contributed by atoms with Crippen LogP contribution in [-0.4, -0.2) is 33.8 Å². The lowest BCUT2D eigenvalue weighted by molar-refractivity contribution is -0.119. The molecule has 0 bridgehead atoms. The number of amides is 1. The molecular formula is C14H18N2O3S. The number of nitrogens with zero attached hydrogens (tertiary/aromatic N) is 1. The van der Waals surface area contributed by atoms with Crippen LogP contribution < -0.4 is 5.32 Å². The Labute approximate surface area is 122 Å². The summed E-state index contributed by atoms with van der Waals surface area (Å²) >= 11 is 1.26. The minimum absolute atomic E-state index is 0.00979. The van der Waals surface area contributed by atoms with Crippen LogP contribution in [0.2, 0.25) is 0 Å². The molecule has 1 aromatic rings. The van der Waals surface area contributed by atoms with E-state index < -0.39 is 5.97 Å². The average Bonchev–Trinajstić information content (AvgIpc) is 2.46. The Morgan fingerprint density at radius 2 is 2.10 bits per heavy atom. The highest BCUT2D eigenvalue weighted by atomic mass is 32.2. The number of pyridine rings is 1. The number of aromatic nitrogens is 1. The number of carbonyl (C=O) groups is 2. The quantitative estimate of drug-likeness (QED) is 0.815. The molecule has 0 aliphatic heterocycles. The van der Waals surface area contributed by atoms with E-state index >= 15 is 0 Å². The van der Waals surface area contributed by atoms with E-state index in [0.717, 1.165) is 12.8 Å². The van der Waals surface area contributed by atoms with Gasteiger partial charge in [0.1, 0.15) is 0 Å². The van der Waals surface area contributed by atoms with E-state index in [1.54, 1.807) is 0 Å². The Balaban J connectivity index is 1.80. The first-order chi connectivity index (χ1) is 9.65. The van der Waals surface area contributed by atoms with Gasteiger partial charge >= 0.3 is 5.97 Å². The van der Waals surface area contributed by atoms with Crippen molar-refractivity contribution in [2.75, 3.05) is 5.75 Å². The van der Waals surface area contributed by atoms with Crippen LogP contribution in [-0.2, 0) is 4.79 Å². The minimum Gasteiger partial charge on any atom is -0.478 e. The summed E-state index contributed by atoms with van der Waals surface area (Å²) in [6, 6.07) is 3.23. The Kier molecular flexibility index (Phi) is 5.40. The standard InChI is InChI=1S/C14H18N2O3S/c17-12(16-11-4-2-1-3-5-11)9-20-13-8-10(14(18)19)6-7-15-13/h6-8,11H,1-5,9H2,(H,16,17)(H,18,19). The van der Waals surface area contributed by atoms with Crippen LogP contribution in [0.5, 0.6) is 0 Å². The third-order valence-corrected chi connectivity index (χ3v) is 4.23. The molecule has 1 amide bonds.